The van der Waals surface area contributed by atoms with Crippen LogP contribution in [0.25, 0.3) is 0 Å². The lowest BCUT2D eigenvalue weighted by atomic mass is 9.81. The van der Waals surface area contributed by atoms with Crippen LogP contribution in [0.5, 0.6) is 0 Å². The first kappa shape index (κ1) is 9.90. The van der Waals surface area contributed by atoms with Gasteiger partial charge >= 0.3 is 0 Å². The van der Waals surface area contributed by atoms with Gasteiger partial charge in [-0.2, -0.15) is 0 Å². The second-order valence-electron chi connectivity index (χ2n) is 4.16. The second-order valence-corrected chi connectivity index (χ2v) is 4.16. The van der Waals surface area contributed by atoms with Gasteiger partial charge in [-0.05, 0) is 26.8 Å². The molecule has 0 atom stereocenters. The zero-order valence-electron chi connectivity index (χ0n) is 7.98. The third kappa shape index (κ3) is 2.41. The summed E-state index contributed by atoms with van der Waals surface area (Å²) in [5.74, 6) is -2.14. The Hall–Kier alpha value is -0.180. The lowest BCUT2D eigenvalue weighted by Crippen LogP contribution is -2.43. The Morgan fingerprint density at radius 2 is 1.92 bits per heavy atom. The van der Waals surface area contributed by atoms with Gasteiger partial charge in [0.05, 0.1) is 0 Å². The van der Waals surface area contributed by atoms with Gasteiger partial charge in [0.1, 0.15) is 0 Å². The quantitative estimate of drug-likeness (QED) is 0.639. The Bertz CT molecular complexity index is 149. The molecule has 1 fully saturated rings. The van der Waals surface area contributed by atoms with E-state index >= 15 is 0 Å². The van der Waals surface area contributed by atoms with Gasteiger partial charge in [-0.25, -0.2) is 8.78 Å². The van der Waals surface area contributed by atoms with Crippen molar-refractivity contribution in [3.63, 3.8) is 0 Å². The lowest BCUT2D eigenvalue weighted by molar-refractivity contribution is -0.116. The van der Waals surface area contributed by atoms with E-state index in [4.69, 9.17) is 0 Å². The topological polar surface area (TPSA) is 3.24 Å². The van der Waals surface area contributed by atoms with Crippen LogP contribution in [0.1, 0.15) is 26.7 Å². The minimum Gasteiger partial charge on any atom is -0.304 e. The minimum atomic E-state index is -2.36. The van der Waals surface area contributed by atoms with Gasteiger partial charge < -0.3 is 4.90 Å². The molecule has 0 heterocycles. The summed E-state index contributed by atoms with van der Waals surface area (Å²) < 4.78 is 24.8. The molecule has 1 aliphatic rings. The van der Waals surface area contributed by atoms with Crippen LogP contribution >= 0.6 is 0 Å². The van der Waals surface area contributed by atoms with Gasteiger partial charge in [0.25, 0.3) is 0 Å². The van der Waals surface area contributed by atoms with Crippen molar-refractivity contribution in [1.82, 2.24) is 4.90 Å². The average molecular weight is 177 g/mol. The molecule has 0 radical (unpaired) electrons. The number of nitrogens with zero attached hydrogens (tertiary/aromatic N) is 1. The monoisotopic (exact) mass is 177 g/mol. The normalized spacial score (nSPS) is 23.2. The number of rotatable bonds is 3. The smallest absolute Gasteiger partial charge is 0.248 e. The van der Waals surface area contributed by atoms with Crippen molar-refractivity contribution in [3.05, 3.63) is 0 Å². The highest BCUT2D eigenvalue weighted by molar-refractivity contribution is 4.87. The molecule has 0 N–H and O–H groups in total. The fraction of sp³-hybridized carbons (Fsp3) is 1.00. The molecule has 1 nitrogen and oxygen atoms in total. The van der Waals surface area contributed by atoms with Crippen molar-refractivity contribution in [1.29, 1.82) is 0 Å². The van der Waals surface area contributed by atoms with Gasteiger partial charge in [-0.1, -0.05) is 0 Å². The van der Waals surface area contributed by atoms with Gasteiger partial charge in [-0.15, -0.1) is 0 Å². The van der Waals surface area contributed by atoms with Crippen molar-refractivity contribution >= 4 is 0 Å². The van der Waals surface area contributed by atoms with E-state index in [1.165, 1.54) is 0 Å². The summed E-state index contributed by atoms with van der Waals surface area (Å²) in [5, 5.41) is 0. The predicted octanol–water partition coefficient (Wildman–Crippen LogP) is 2.37. The maximum atomic E-state index is 12.4. The van der Waals surface area contributed by atoms with Crippen molar-refractivity contribution < 1.29 is 8.78 Å². The Labute approximate surface area is 72.7 Å². The minimum absolute atomic E-state index is 0.0874. The molecule has 3 heteroatoms. The maximum absolute atomic E-state index is 12.4. The van der Waals surface area contributed by atoms with E-state index < -0.39 is 5.92 Å². The summed E-state index contributed by atoms with van der Waals surface area (Å²) in [6, 6.07) is 0.458. The van der Waals surface area contributed by atoms with Crippen LogP contribution in [0, 0.1) is 5.92 Å². The van der Waals surface area contributed by atoms with Crippen molar-refractivity contribution in [2.24, 2.45) is 5.92 Å². The van der Waals surface area contributed by atoms with Crippen LogP contribution in [0.15, 0.2) is 0 Å². The predicted molar refractivity (Wildman–Crippen MR) is 45.4 cm³/mol. The Morgan fingerprint density at radius 3 is 2.25 bits per heavy atom. The fourth-order valence-electron chi connectivity index (χ4n) is 1.53. The Morgan fingerprint density at radius 1 is 1.42 bits per heavy atom. The summed E-state index contributed by atoms with van der Waals surface area (Å²) in [6.07, 6.45) is 0.175. The summed E-state index contributed by atoms with van der Waals surface area (Å²) >= 11 is 0. The summed E-state index contributed by atoms with van der Waals surface area (Å²) in [7, 11) is 1.99. The summed E-state index contributed by atoms with van der Waals surface area (Å²) in [4.78, 5) is 2.12. The van der Waals surface area contributed by atoms with E-state index in [1.54, 1.807) is 0 Å². The van der Waals surface area contributed by atoms with Crippen LogP contribution < -0.4 is 0 Å². The molecule has 1 aliphatic carbocycles. The van der Waals surface area contributed by atoms with Crippen LogP contribution in [0.4, 0.5) is 8.78 Å². The van der Waals surface area contributed by atoms with E-state index in [0.29, 0.717) is 6.04 Å². The van der Waals surface area contributed by atoms with Crippen LogP contribution in [0.2, 0.25) is 0 Å². The maximum Gasteiger partial charge on any atom is 0.248 e. The molecule has 0 amide bonds. The molecule has 12 heavy (non-hydrogen) atoms. The average Bonchev–Trinajstić information content (AvgIpc) is 1.83. The first-order chi connectivity index (χ1) is 5.41. The van der Waals surface area contributed by atoms with Crippen molar-refractivity contribution in [2.75, 3.05) is 13.6 Å². The SMILES string of the molecule is CC(C)N(C)CC1CC(F)(F)C1. The second kappa shape index (κ2) is 3.29. The molecule has 1 saturated carbocycles. The largest absolute Gasteiger partial charge is 0.304 e. The van der Waals surface area contributed by atoms with E-state index in [-0.39, 0.29) is 18.8 Å². The Kier molecular flexibility index (Phi) is 2.71. The van der Waals surface area contributed by atoms with Gasteiger partial charge in [0, 0.05) is 25.4 Å². The first-order valence-electron chi connectivity index (χ1n) is 4.49. The zero-order chi connectivity index (χ0) is 9.35. The number of hydrogen-bond acceptors (Lipinski definition) is 1. The molecule has 0 aromatic carbocycles. The zero-order valence-corrected chi connectivity index (χ0v) is 7.98. The highest BCUT2D eigenvalue weighted by atomic mass is 19.3. The van der Waals surface area contributed by atoms with E-state index in [9.17, 15) is 8.78 Å². The number of hydrogen-bond donors (Lipinski definition) is 0. The van der Waals surface area contributed by atoms with E-state index in [1.807, 2.05) is 7.05 Å². The molecule has 1 rings (SSSR count). The third-order valence-corrected chi connectivity index (χ3v) is 2.60. The van der Waals surface area contributed by atoms with Crippen molar-refractivity contribution in [3.8, 4) is 0 Å². The van der Waals surface area contributed by atoms with Crippen LogP contribution in [-0.2, 0) is 0 Å². The highest BCUT2D eigenvalue weighted by Gasteiger charge is 2.45. The van der Waals surface area contributed by atoms with Gasteiger partial charge in [-0.3, -0.25) is 0 Å². The molecular weight excluding hydrogens is 160 g/mol. The van der Waals surface area contributed by atoms with Crippen LogP contribution in [0.3, 0.4) is 0 Å². The highest BCUT2D eigenvalue weighted by Crippen LogP contribution is 2.42. The molecule has 0 aromatic rings. The summed E-state index contributed by atoms with van der Waals surface area (Å²) in [6.45, 7) is 4.97. The number of halogens is 2. The first-order valence-corrected chi connectivity index (χ1v) is 4.49. The standard InChI is InChI=1S/C9H17F2N/c1-7(2)12(3)6-8-4-9(10,11)5-8/h7-8H,4-6H2,1-3H3. The molecule has 0 aliphatic heterocycles. The third-order valence-electron chi connectivity index (χ3n) is 2.60. The lowest BCUT2D eigenvalue weighted by Gasteiger charge is -2.38. The molecule has 0 bridgehead atoms. The van der Waals surface area contributed by atoms with E-state index in [0.717, 1.165) is 6.54 Å². The van der Waals surface area contributed by atoms with Gasteiger partial charge in [0.15, 0.2) is 0 Å². The van der Waals surface area contributed by atoms with Gasteiger partial charge in [0.2, 0.25) is 5.92 Å². The summed E-state index contributed by atoms with van der Waals surface area (Å²) in [5.41, 5.74) is 0. The van der Waals surface area contributed by atoms with Crippen molar-refractivity contribution in [2.45, 2.75) is 38.7 Å². The number of alkyl halides is 2. The molecule has 0 saturated heterocycles. The molecular formula is C9H17F2N. The molecule has 72 valence electrons. The fourth-order valence-corrected chi connectivity index (χ4v) is 1.53. The van der Waals surface area contributed by atoms with E-state index in [2.05, 4.69) is 18.7 Å². The molecule has 0 aromatic heterocycles. The van der Waals surface area contributed by atoms with Crippen LogP contribution in [-0.4, -0.2) is 30.5 Å². The Balaban J connectivity index is 2.19. The molecule has 0 unspecified atom stereocenters. The molecule has 0 spiro atoms.